The Morgan fingerprint density at radius 2 is 2.03 bits per heavy atom. The van der Waals surface area contributed by atoms with Crippen LogP contribution in [0.25, 0.3) is 21.1 Å². The second-order valence-corrected chi connectivity index (χ2v) is 8.87. The second-order valence-electron chi connectivity index (χ2n) is 7.84. The van der Waals surface area contributed by atoms with Gasteiger partial charge in [-0.15, -0.1) is 0 Å². The maximum Gasteiger partial charge on any atom is 0.338 e. The number of nitrogens with zero attached hydrogens (tertiary/aromatic N) is 1. The third-order valence-electron chi connectivity index (χ3n) is 5.11. The molecular formula is C24H24FN3O4S. The van der Waals surface area contributed by atoms with Gasteiger partial charge in [0, 0.05) is 23.1 Å². The van der Waals surface area contributed by atoms with Crippen molar-refractivity contribution in [3.8, 4) is 0 Å². The highest BCUT2D eigenvalue weighted by Crippen LogP contribution is 2.30. The summed E-state index contributed by atoms with van der Waals surface area (Å²) in [6, 6.07) is 10.6. The first-order chi connectivity index (χ1) is 15.9. The Morgan fingerprint density at radius 1 is 1.24 bits per heavy atom. The maximum atomic E-state index is 14.4. The van der Waals surface area contributed by atoms with E-state index >= 15 is 0 Å². The van der Waals surface area contributed by atoms with Crippen molar-refractivity contribution in [3.63, 3.8) is 0 Å². The summed E-state index contributed by atoms with van der Waals surface area (Å²) in [7, 11) is 1.26. The van der Waals surface area contributed by atoms with E-state index in [0.717, 1.165) is 28.2 Å². The van der Waals surface area contributed by atoms with Crippen molar-refractivity contribution in [3.05, 3.63) is 59.0 Å². The minimum atomic E-state index is -0.596. The standard InChI is InChI=1S/C24H24FN3O4S/c1-13(2)32-21(29)12-19-16(15-6-4-5-7-18(15)27-19)8-9-26-24-28-22-17(25)10-14(23(30)31-3)11-20(22)33-24/h4-7,10-11,13,27H,8-9,12H2,1-3H3,(H,26,28). The van der Waals surface area contributed by atoms with Crippen LogP contribution < -0.4 is 5.32 Å². The van der Waals surface area contributed by atoms with Crippen LogP contribution in [-0.4, -0.2) is 41.7 Å². The monoisotopic (exact) mass is 469 g/mol. The first-order valence-electron chi connectivity index (χ1n) is 10.6. The first-order valence-corrected chi connectivity index (χ1v) is 11.4. The molecule has 33 heavy (non-hydrogen) atoms. The Morgan fingerprint density at radius 3 is 2.79 bits per heavy atom. The third-order valence-corrected chi connectivity index (χ3v) is 6.07. The molecule has 0 bridgehead atoms. The first kappa shape index (κ1) is 22.7. The van der Waals surface area contributed by atoms with Gasteiger partial charge in [0.2, 0.25) is 0 Å². The zero-order valence-electron chi connectivity index (χ0n) is 18.5. The average Bonchev–Trinajstić information content (AvgIpc) is 3.34. The van der Waals surface area contributed by atoms with E-state index in [2.05, 4.69) is 20.0 Å². The number of thiazole rings is 1. The number of para-hydroxylation sites is 1. The Bertz CT molecular complexity index is 1330. The number of anilines is 1. The van der Waals surface area contributed by atoms with E-state index in [-0.39, 0.29) is 29.6 Å². The number of methoxy groups -OCH3 is 1. The number of fused-ring (bicyclic) bond motifs is 2. The molecule has 4 aromatic rings. The van der Waals surface area contributed by atoms with Crippen LogP contribution in [0.4, 0.5) is 9.52 Å². The van der Waals surface area contributed by atoms with Crippen LogP contribution >= 0.6 is 11.3 Å². The molecule has 0 saturated carbocycles. The molecule has 0 aliphatic rings. The molecule has 0 amide bonds. The van der Waals surface area contributed by atoms with Gasteiger partial charge in [0.25, 0.3) is 0 Å². The summed E-state index contributed by atoms with van der Waals surface area (Å²) >= 11 is 1.26. The number of nitrogens with one attached hydrogen (secondary N) is 2. The van der Waals surface area contributed by atoms with Gasteiger partial charge >= 0.3 is 11.9 Å². The lowest BCUT2D eigenvalue weighted by Gasteiger charge is -2.09. The lowest BCUT2D eigenvalue weighted by molar-refractivity contribution is -0.146. The van der Waals surface area contributed by atoms with E-state index in [9.17, 15) is 14.0 Å². The fraction of sp³-hybridized carbons (Fsp3) is 0.292. The van der Waals surface area contributed by atoms with Crippen molar-refractivity contribution in [2.75, 3.05) is 19.0 Å². The molecule has 0 saturated heterocycles. The molecule has 0 atom stereocenters. The summed E-state index contributed by atoms with van der Waals surface area (Å²) in [5, 5.41) is 4.83. The zero-order valence-corrected chi connectivity index (χ0v) is 19.3. The van der Waals surface area contributed by atoms with Crippen molar-refractivity contribution >= 4 is 49.5 Å². The van der Waals surface area contributed by atoms with E-state index in [0.29, 0.717) is 22.8 Å². The normalized spacial score (nSPS) is 11.3. The predicted molar refractivity (Wildman–Crippen MR) is 126 cm³/mol. The van der Waals surface area contributed by atoms with Crippen LogP contribution in [0.3, 0.4) is 0 Å². The van der Waals surface area contributed by atoms with Crippen LogP contribution in [-0.2, 0) is 27.1 Å². The Hall–Kier alpha value is -3.46. The van der Waals surface area contributed by atoms with Gasteiger partial charge in [-0.3, -0.25) is 4.79 Å². The van der Waals surface area contributed by atoms with Crippen molar-refractivity contribution < 1.29 is 23.5 Å². The van der Waals surface area contributed by atoms with Gasteiger partial charge in [-0.25, -0.2) is 14.2 Å². The number of benzene rings is 2. The average molecular weight is 470 g/mol. The van der Waals surface area contributed by atoms with Crippen LogP contribution in [0, 0.1) is 5.82 Å². The number of esters is 2. The van der Waals surface area contributed by atoms with Gasteiger partial charge in [-0.2, -0.15) is 0 Å². The third kappa shape index (κ3) is 4.98. The summed E-state index contributed by atoms with van der Waals surface area (Å²) in [5.74, 6) is -1.45. The molecule has 0 radical (unpaired) electrons. The van der Waals surface area contributed by atoms with Gasteiger partial charge in [-0.1, -0.05) is 29.5 Å². The quantitative estimate of drug-likeness (QED) is 0.358. The van der Waals surface area contributed by atoms with E-state index in [1.807, 2.05) is 38.1 Å². The molecule has 7 nitrogen and oxygen atoms in total. The Balaban J connectivity index is 1.52. The summed E-state index contributed by atoms with van der Waals surface area (Å²) < 4.78 is 24.9. The smallest absolute Gasteiger partial charge is 0.338 e. The van der Waals surface area contributed by atoms with E-state index in [4.69, 9.17) is 4.74 Å². The molecule has 4 rings (SSSR count). The van der Waals surface area contributed by atoms with Gasteiger partial charge in [0.05, 0.1) is 29.9 Å². The molecule has 0 spiro atoms. The van der Waals surface area contributed by atoms with Crippen molar-refractivity contribution in [2.45, 2.75) is 32.8 Å². The van der Waals surface area contributed by atoms with Gasteiger partial charge in [0.15, 0.2) is 10.9 Å². The highest BCUT2D eigenvalue weighted by atomic mass is 32.1. The van der Waals surface area contributed by atoms with E-state index < -0.39 is 11.8 Å². The molecular weight excluding hydrogens is 445 g/mol. The fourth-order valence-electron chi connectivity index (χ4n) is 3.74. The number of ether oxygens (including phenoxy) is 2. The molecule has 0 unspecified atom stereocenters. The summed E-state index contributed by atoms with van der Waals surface area (Å²) in [4.78, 5) is 31.6. The number of aromatic amines is 1. The highest BCUT2D eigenvalue weighted by Gasteiger charge is 2.17. The lowest BCUT2D eigenvalue weighted by atomic mass is 10.1. The number of hydrogen-bond donors (Lipinski definition) is 2. The SMILES string of the molecule is COC(=O)c1cc(F)c2nc(NCCc3c(CC(=O)OC(C)C)[nH]c4ccccc34)sc2c1. The molecule has 2 aromatic heterocycles. The highest BCUT2D eigenvalue weighted by molar-refractivity contribution is 7.22. The zero-order chi connectivity index (χ0) is 23.5. The number of carbonyl (C=O) groups is 2. The number of H-pyrrole nitrogens is 1. The number of hydrogen-bond acceptors (Lipinski definition) is 7. The van der Waals surface area contributed by atoms with Crippen LogP contribution in [0.2, 0.25) is 0 Å². The van der Waals surface area contributed by atoms with Crippen molar-refractivity contribution in [1.82, 2.24) is 9.97 Å². The van der Waals surface area contributed by atoms with E-state index in [1.54, 1.807) is 6.07 Å². The van der Waals surface area contributed by atoms with Gasteiger partial charge in [0.1, 0.15) is 5.52 Å². The topological polar surface area (TPSA) is 93.3 Å². The minimum absolute atomic E-state index is 0.148. The van der Waals surface area contributed by atoms with Crippen molar-refractivity contribution in [1.29, 1.82) is 0 Å². The molecule has 0 aliphatic heterocycles. The predicted octanol–water partition coefficient (Wildman–Crippen LogP) is 4.85. The van der Waals surface area contributed by atoms with Crippen molar-refractivity contribution in [2.24, 2.45) is 0 Å². The number of halogens is 1. The minimum Gasteiger partial charge on any atom is -0.465 e. The summed E-state index contributed by atoms with van der Waals surface area (Å²) in [5.41, 5.74) is 3.16. The number of rotatable bonds is 8. The van der Waals surface area contributed by atoms with Gasteiger partial charge < -0.3 is 19.8 Å². The number of aromatic nitrogens is 2. The molecule has 9 heteroatoms. The van der Waals surface area contributed by atoms with Crippen LogP contribution in [0.15, 0.2) is 36.4 Å². The maximum absolute atomic E-state index is 14.4. The van der Waals surface area contributed by atoms with Gasteiger partial charge in [-0.05, 0) is 44.0 Å². The molecule has 172 valence electrons. The number of carbonyl (C=O) groups excluding carboxylic acids is 2. The Labute approximate surface area is 193 Å². The van der Waals surface area contributed by atoms with E-state index in [1.165, 1.54) is 18.4 Å². The van der Waals surface area contributed by atoms with Crippen LogP contribution in [0.1, 0.15) is 35.5 Å². The molecule has 0 fully saturated rings. The Kier molecular flexibility index (Phi) is 6.60. The molecule has 2 N–H and O–H groups in total. The molecule has 2 heterocycles. The largest absolute Gasteiger partial charge is 0.465 e. The fourth-order valence-corrected chi connectivity index (χ4v) is 4.68. The lowest BCUT2D eigenvalue weighted by Crippen LogP contribution is -2.15. The van der Waals surface area contributed by atoms with Crippen LogP contribution in [0.5, 0.6) is 0 Å². The summed E-state index contributed by atoms with van der Waals surface area (Å²) in [6.07, 6.45) is 0.608. The second kappa shape index (κ2) is 9.58. The summed E-state index contributed by atoms with van der Waals surface area (Å²) in [6.45, 7) is 4.17. The molecule has 0 aliphatic carbocycles. The molecule has 2 aromatic carbocycles.